The second kappa shape index (κ2) is 6.24. The number of hydrogen-bond donors (Lipinski definition) is 1. The molecule has 0 heterocycles. The number of fused-ring (bicyclic) bond motifs is 2. The van der Waals surface area contributed by atoms with E-state index in [4.69, 9.17) is 4.74 Å². The fourth-order valence-electron chi connectivity index (χ4n) is 5.30. The highest BCUT2D eigenvalue weighted by molar-refractivity contribution is 6.24. The standard InChI is InChI=1S/C21H28O5/c1-11(2)12-8-13(23)18-17(19(12)25)14(26-5)9-15-20(18,3)7-6-16(24)21(15,4)10-22/h8,11,14-15,22H,6-7,9-10H2,1-5H3/t14-,15-,20+,21-/m1/s1. The van der Waals surface area contributed by atoms with Gasteiger partial charge in [-0.15, -0.1) is 0 Å². The van der Waals surface area contributed by atoms with E-state index < -0.39 is 16.9 Å². The maximum Gasteiger partial charge on any atom is 0.188 e. The van der Waals surface area contributed by atoms with E-state index in [0.29, 0.717) is 36.0 Å². The Morgan fingerprint density at radius 1 is 1.27 bits per heavy atom. The van der Waals surface area contributed by atoms with Gasteiger partial charge in [-0.2, -0.15) is 0 Å². The average Bonchev–Trinajstić information content (AvgIpc) is 2.60. The van der Waals surface area contributed by atoms with Crippen molar-refractivity contribution in [3.63, 3.8) is 0 Å². The third-order valence-corrected chi connectivity index (χ3v) is 6.93. The second-order valence-electron chi connectivity index (χ2n) is 8.67. The summed E-state index contributed by atoms with van der Waals surface area (Å²) >= 11 is 0. The van der Waals surface area contributed by atoms with Gasteiger partial charge in [-0.1, -0.05) is 27.7 Å². The molecule has 0 aromatic heterocycles. The molecule has 0 radical (unpaired) electrons. The van der Waals surface area contributed by atoms with Gasteiger partial charge in [0.25, 0.3) is 0 Å². The summed E-state index contributed by atoms with van der Waals surface area (Å²) in [5, 5.41) is 10.0. The molecule has 0 amide bonds. The van der Waals surface area contributed by atoms with Crippen LogP contribution in [-0.2, 0) is 19.1 Å². The van der Waals surface area contributed by atoms with Gasteiger partial charge in [-0.05, 0) is 30.8 Å². The molecule has 0 bridgehead atoms. The minimum Gasteiger partial charge on any atom is -0.395 e. The molecule has 1 fully saturated rings. The van der Waals surface area contributed by atoms with Crippen LogP contribution in [-0.4, -0.2) is 42.3 Å². The fraction of sp³-hybridized carbons (Fsp3) is 0.667. The molecule has 0 aliphatic heterocycles. The highest BCUT2D eigenvalue weighted by Crippen LogP contribution is 2.59. The van der Waals surface area contributed by atoms with Crippen LogP contribution in [0, 0.1) is 22.7 Å². The van der Waals surface area contributed by atoms with Gasteiger partial charge >= 0.3 is 0 Å². The van der Waals surface area contributed by atoms with Crippen LogP contribution in [0.25, 0.3) is 0 Å². The number of methoxy groups -OCH3 is 1. The first-order chi connectivity index (χ1) is 12.1. The summed E-state index contributed by atoms with van der Waals surface area (Å²) in [4.78, 5) is 38.9. The first kappa shape index (κ1) is 19.2. The number of ketones is 3. The SMILES string of the molecule is CO[C@@H]1C[C@H]2[C@@](C)(CO)C(=O)CC[C@]2(C)C2=C1C(=O)C(C(C)C)=CC2=O. The average molecular weight is 360 g/mol. The summed E-state index contributed by atoms with van der Waals surface area (Å²) < 4.78 is 5.62. The van der Waals surface area contributed by atoms with Crippen molar-refractivity contribution in [3.8, 4) is 0 Å². The lowest BCUT2D eigenvalue weighted by Gasteiger charge is -2.55. The summed E-state index contributed by atoms with van der Waals surface area (Å²) in [5.41, 5.74) is -0.0382. The van der Waals surface area contributed by atoms with E-state index in [0.717, 1.165) is 0 Å². The number of allylic oxidation sites excluding steroid dienone is 3. The van der Waals surface area contributed by atoms with Crippen molar-refractivity contribution < 1.29 is 24.2 Å². The minimum atomic E-state index is -0.923. The number of carbonyl (C=O) groups is 3. The molecule has 1 N–H and O–H groups in total. The van der Waals surface area contributed by atoms with E-state index in [1.807, 2.05) is 20.8 Å². The zero-order chi connectivity index (χ0) is 19.4. The molecule has 142 valence electrons. The second-order valence-corrected chi connectivity index (χ2v) is 8.67. The zero-order valence-electron chi connectivity index (χ0n) is 16.2. The van der Waals surface area contributed by atoms with Gasteiger partial charge in [-0.25, -0.2) is 0 Å². The number of aliphatic hydroxyl groups is 1. The lowest BCUT2D eigenvalue weighted by Crippen LogP contribution is -2.57. The maximum atomic E-state index is 13.2. The Labute approximate surface area is 154 Å². The molecular weight excluding hydrogens is 332 g/mol. The fourth-order valence-corrected chi connectivity index (χ4v) is 5.30. The molecule has 5 nitrogen and oxygen atoms in total. The van der Waals surface area contributed by atoms with Gasteiger partial charge in [0.2, 0.25) is 0 Å². The Balaban J connectivity index is 2.21. The monoisotopic (exact) mass is 360 g/mol. The predicted molar refractivity (Wildman–Crippen MR) is 96.4 cm³/mol. The number of aliphatic hydroxyl groups excluding tert-OH is 1. The first-order valence-corrected chi connectivity index (χ1v) is 9.34. The first-order valence-electron chi connectivity index (χ1n) is 9.34. The highest BCUT2D eigenvalue weighted by Gasteiger charge is 2.60. The minimum absolute atomic E-state index is 0.0226. The van der Waals surface area contributed by atoms with E-state index in [-0.39, 0.29) is 35.8 Å². The lowest BCUT2D eigenvalue weighted by atomic mass is 9.47. The number of carbonyl (C=O) groups excluding carboxylic acids is 3. The van der Waals surface area contributed by atoms with Crippen LogP contribution in [0.1, 0.15) is 47.0 Å². The van der Waals surface area contributed by atoms with Crippen molar-refractivity contribution in [2.75, 3.05) is 13.7 Å². The van der Waals surface area contributed by atoms with Crippen LogP contribution in [0.2, 0.25) is 0 Å². The van der Waals surface area contributed by atoms with Crippen LogP contribution in [0.5, 0.6) is 0 Å². The van der Waals surface area contributed by atoms with Crippen LogP contribution in [0.3, 0.4) is 0 Å². The lowest BCUT2D eigenvalue weighted by molar-refractivity contribution is -0.148. The van der Waals surface area contributed by atoms with E-state index in [1.54, 1.807) is 6.92 Å². The Bertz CT molecular complexity index is 744. The van der Waals surface area contributed by atoms with Gasteiger partial charge in [0.15, 0.2) is 11.6 Å². The van der Waals surface area contributed by atoms with Crippen LogP contribution in [0.15, 0.2) is 22.8 Å². The Morgan fingerprint density at radius 2 is 1.92 bits per heavy atom. The molecule has 3 aliphatic rings. The zero-order valence-corrected chi connectivity index (χ0v) is 16.2. The number of ether oxygens (including phenoxy) is 1. The quantitative estimate of drug-likeness (QED) is 0.782. The molecule has 26 heavy (non-hydrogen) atoms. The largest absolute Gasteiger partial charge is 0.395 e. The highest BCUT2D eigenvalue weighted by atomic mass is 16.5. The van der Waals surface area contributed by atoms with Crippen molar-refractivity contribution in [3.05, 3.63) is 22.8 Å². The molecular formula is C21H28O5. The molecule has 1 saturated carbocycles. The Hall–Kier alpha value is -1.59. The summed E-state index contributed by atoms with van der Waals surface area (Å²) in [6.07, 6.45) is 2.22. The molecule has 3 rings (SSSR count). The Kier molecular flexibility index (Phi) is 4.60. The molecule has 5 heteroatoms. The van der Waals surface area contributed by atoms with Crippen molar-refractivity contribution in [1.29, 1.82) is 0 Å². The van der Waals surface area contributed by atoms with E-state index >= 15 is 0 Å². The van der Waals surface area contributed by atoms with E-state index in [9.17, 15) is 19.5 Å². The summed E-state index contributed by atoms with van der Waals surface area (Å²) in [6, 6.07) is 0. The van der Waals surface area contributed by atoms with Gasteiger partial charge in [0, 0.05) is 35.7 Å². The maximum absolute atomic E-state index is 13.2. The van der Waals surface area contributed by atoms with Crippen molar-refractivity contribution in [2.45, 2.75) is 53.1 Å². The molecule has 0 aromatic rings. The smallest absolute Gasteiger partial charge is 0.188 e. The van der Waals surface area contributed by atoms with Crippen molar-refractivity contribution >= 4 is 17.3 Å². The normalized spacial score (nSPS) is 37.7. The van der Waals surface area contributed by atoms with Crippen LogP contribution in [0.4, 0.5) is 0 Å². The molecule has 0 saturated heterocycles. The van der Waals surface area contributed by atoms with Crippen LogP contribution < -0.4 is 0 Å². The number of rotatable bonds is 3. The number of hydrogen-bond acceptors (Lipinski definition) is 5. The van der Waals surface area contributed by atoms with Crippen LogP contribution >= 0.6 is 0 Å². The summed E-state index contributed by atoms with van der Waals surface area (Å²) in [6.45, 7) is 7.29. The van der Waals surface area contributed by atoms with Gasteiger partial charge in [-0.3, -0.25) is 14.4 Å². The van der Waals surface area contributed by atoms with E-state index in [1.165, 1.54) is 13.2 Å². The van der Waals surface area contributed by atoms with E-state index in [2.05, 4.69) is 0 Å². The van der Waals surface area contributed by atoms with Gasteiger partial charge < -0.3 is 9.84 Å². The third kappa shape index (κ3) is 2.40. The molecule has 3 aliphatic carbocycles. The Morgan fingerprint density at radius 3 is 2.46 bits per heavy atom. The van der Waals surface area contributed by atoms with Gasteiger partial charge in [0.05, 0.1) is 18.1 Å². The summed E-state index contributed by atoms with van der Waals surface area (Å²) in [5.74, 6) is -0.514. The summed E-state index contributed by atoms with van der Waals surface area (Å²) in [7, 11) is 1.53. The molecule has 4 atom stereocenters. The van der Waals surface area contributed by atoms with Crippen molar-refractivity contribution in [2.24, 2.45) is 22.7 Å². The molecule has 0 unspecified atom stereocenters. The predicted octanol–water partition coefficient (Wildman–Crippen LogP) is 2.42. The molecule has 0 spiro atoms. The van der Waals surface area contributed by atoms with Crippen molar-refractivity contribution in [1.82, 2.24) is 0 Å². The molecule has 0 aromatic carbocycles. The third-order valence-electron chi connectivity index (χ3n) is 6.93. The number of Topliss-reactive ketones (excluding diaryl/α,β-unsaturated/α-hetero) is 2. The van der Waals surface area contributed by atoms with Gasteiger partial charge in [0.1, 0.15) is 5.78 Å². The topological polar surface area (TPSA) is 80.7 Å².